The van der Waals surface area contributed by atoms with Crippen molar-refractivity contribution in [2.45, 2.75) is 19.3 Å². The van der Waals surface area contributed by atoms with E-state index in [9.17, 15) is 9.90 Å². The topological polar surface area (TPSA) is 37.3 Å². The molecule has 0 spiro atoms. The molecular formula is C23H20O2. The molecule has 1 N–H and O–H groups in total. The number of benzene rings is 3. The maximum absolute atomic E-state index is 12.7. The molecule has 0 heterocycles. The molecule has 0 aromatic heterocycles. The van der Waals surface area contributed by atoms with Crippen LogP contribution in [-0.2, 0) is 0 Å². The molecule has 1 unspecified atom stereocenters. The summed E-state index contributed by atoms with van der Waals surface area (Å²) in [5.41, 5.74) is 6.90. The van der Waals surface area contributed by atoms with Crippen LogP contribution in [0.5, 0.6) is 0 Å². The van der Waals surface area contributed by atoms with Gasteiger partial charge < -0.3 is 5.11 Å². The first kappa shape index (κ1) is 15.8. The minimum atomic E-state index is 0.107. The lowest BCUT2D eigenvalue weighted by atomic mass is 9.94. The zero-order valence-corrected chi connectivity index (χ0v) is 14.2. The van der Waals surface area contributed by atoms with E-state index in [-0.39, 0.29) is 18.3 Å². The Morgan fingerprint density at radius 2 is 1.44 bits per heavy atom. The third-order valence-corrected chi connectivity index (χ3v) is 5.15. The number of hydrogen-bond donors (Lipinski definition) is 1. The van der Waals surface area contributed by atoms with Gasteiger partial charge in [0.15, 0.2) is 5.78 Å². The van der Waals surface area contributed by atoms with Crippen LogP contribution in [-0.4, -0.2) is 17.5 Å². The molecule has 3 aromatic rings. The van der Waals surface area contributed by atoms with Gasteiger partial charge in [-0.3, -0.25) is 4.79 Å². The Morgan fingerprint density at radius 3 is 2.12 bits per heavy atom. The number of carbonyl (C=O) groups is 1. The highest BCUT2D eigenvalue weighted by Gasteiger charge is 2.26. The molecule has 3 aromatic carbocycles. The highest BCUT2D eigenvalue weighted by Crippen LogP contribution is 2.38. The van der Waals surface area contributed by atoms with Crippen molar-refractivity contribution in [3.8, 4) is 22.3 Å². The number of carbonyl (C=O) groups excluding carboxylic acids is 1. The lowest BCUT2D eigenvalue weighted by Crippen LogP contribution is -2.02. The molecule has 2 nitrogen and oxygen atoms in total. The summed E-state index contributed by atoms with van der Waals surface area (Å²) in [6.45, 7) is 2.25. The number of aliphatic hydroxyl groups is 1. The zero-order chi connectivity index (χ0) is 17.4. The third kappa shape index (κ3) is 2.59. The number of hydrogen-bond acceptors (Lipinski definition) is 2. The molecule has 1 atom stereocenters. The van der Waals surface area contributed by atoms with E-state index >= 15 is 0 Å². The maximum atomic E-state index is 12.7. The van der Waals surface area contributed by atoms with E-state index in [1.165, 1.54) is 0 Å². The van der Waals surface area contributed by atoms with E-state index < -0.39 is 0 Å². The molecule has 0 saturated carbocycles. The molecular weight excluding hydrogens is 308 g/mol. The second-order valence-corrected chi connectivity index (χ2v) is 6.54. The van der Waals surface area contributed by atoms with E-state index in [2.05, 4.69) is 37.3 Å². The smallest absolute Gasteiger partial charge is 0.194 e. The van der Waals surface area contributed by atoms with E-state index in [1.807, 2.05) is 36.4 Å². The van der Waals surface area contributed by atoms with Crippen molar-refractivity contribution >= 4 is 5.78 Å². The van der Waals surface area contributed by atoms with Gasteiger partial charge in [-0.2, -0.15) is 0 Å². The van der Waals surface area contributed by atoms with Crippen molar-refractivity contribution < 1.29 is 9.90 Å². The Bertz CT molecular complexity index is 935. The van der Waals surface area contributed by atoms with Crippen LogP contribution in [0.2, 0.25) is 0 Å². The molecule has 4 rings (SSSR count). The van der Waals surface area contributed by atoms with Crippen molar-refractivity contribution in [1.29, 1.82) is 0 Å². The van der Waals surface area contributed by atoms with Gasteiger partial charge in [0.05, 0.1) is 0 Å². The van der Waals surface area contributed by atoms with Crippen LogP contribution in [0, 0.1) is 0 Å². The van der Waals surface area contributed by atoms with Crippen molar-refractivity contribution in [2.75, 3.05) is 6.61 Å². The van der Waals surface area contributed by atoms with Gasteiger partial charge in [-0.1, -0.05) is 67.6 Å². The molecule has 1 aliphatic carbocycles. The molecule has 0 aliphatic heterocycles. The molecule has 0 amide bonds. The van der Waals surface area contributed by atoms with E-state index in [0.717, 1.165) is 45.4 Å². The molecule has 0 bridgehead atoms. The first-order valence-electron chi connectivity index (χ1n) is 8.72. The lowest BCUT2D eigenvalue weighted by Gasteiger charge is -2.13. The molecule has 25 heavy (non-hydrogen) atoms. The minimum absolute atomic E-state index is 0.107. The van der Waals surface area contributed by atoms with Gasteiger partial charge in [-0.25, -0.2) is 0 Å². The average molecular weight is 328 g/mol. The normalized spacial score (nSPS) is 13.4. The predicted molar refractivity (Wildman–Crippen MR) is 101 cm³/mol. The van der Waals surface area contributed by atoms with E-state index in [1.54, 1.807) is 0 Å². The largest absolute Gasteiger partial charge is 0.396 e. The fourth-order valence-corrected chi connectivity index (χ4v) is 3.63. The minimum Gasteiger partial charge on any atom is -0.396 e. The van der Waals surface area contributed by atoms with Gasteiger partial charge in [0, 0.05) is 23.7 Å². The van der Waals surface area contributed by atoms with Crippen LogP contribution in [0.1, 0.15) is 40.7 Å². The van der Waals surface area contributed by atoms with Crippen LogP contribution < -0.4 is 0 Å². The summed E-state index contributed by atoms with van der Waals surface area (Å²) in [4.78, 5) is 12.7. The van der Waals surface area contributed by atoms with Gasteiger partial charge in [0.1, 0.15) is 0 Å². The Labute approximate surface area is 147 Å². The van der Waals surface area contributed by atoms with Gasteiger partial charge in [-0.05, 0) is 40.3 Å². The van der Waals surface area contributed by atoms with Crippen molar-refractivity contribution in [2.24, 2.45) is 0 Å². The van der Waals surface area contributed by atoms with E-state index in [0.29, 0.717) is 0 Å². The fourth-order valence-electron chi connectivity index (χ4n) is 3.63. The summed E-state index contributed by atoms with van der Waals surface area (Å²) < 4.78 is 0. The van der Waals surface area contributed by atoms with Gasteiger partial charge in [0.2, 0.25) is 0 Å². The number of ketones is 1. The lowest BCUT2D eigenvalue weighted by molar-refractivity contribution is 0.104. The quantitative estimate of drug-likeness (QED) is 0.569. The maximum Gasteiger partial charge on any atom is 0.194 e. The van der Waals surface area contributed by atoms with Crippen LogP contribution in [0.4, 0.5) is 0 Å². The van der Waals surface area contributed by atoms with Gasteiger partial charge >= 0.3 is 0 Å². The third-order valence-electron chi connectivity index (χ3n) is 5.15. The molecule has 124 valence electrons. The van der Waals surface area contributed by atoms with Gasteiger partial charge in [-0.15, -0.1) is 0 Å². The molecule has 0 saturated heterocycles. The number of aliphatic hydroxyl groups excluding tert-OH is 1. The monoisotopic (exact) mass is 328 g/mol. The Hall–Kier alpha value is -2.71. The van der Waals surface area contributed by atoms with Crippen molar-refractivity contribution in [1.82, 2.24) is 0 Å². The first-order valence-corrected chi connectivity index (χ1v) is 8.72. The molecule has 0 radical (unpaired) electrons. The Kier molecular flexibility index (Phi) is 3.98. The van der Waals surface area contributed by atoms with Crippen LogP contribution in [0.3, 0.4) is 0 Å². The zero-order valence-electron chi connectivity index (χ0n) is 14.2. The fraction of sp³-hybridized carbons (Fsp3) is 0.174. The Morgan fingerprint density at radius 1 is 0.800 bits per heavy atom. The van der Waals surface area contributed by atoms with Crippen LogP contribution in [0.15, 0.2) is 66.7 Å². The molecule has 2 heteroatoms. The SMILES string of the molecule is CCC(CO)c1ccc(-c2ccc3c(c2)C(=O)c2ccccc2-3)cc1. The molecule has 0 fully saturated rings. The van der Waals surface area contributed by atoms with Gasteiger partial charge in [0.25, 0.3) is 0 Å². The number of rotatable bonds is 4. The summed E-state index contributed by atoms with van der Waals surface area (Å²) in [6, 6.07) is 22.2. The highest BCUT2D eigenvalue weighted by atomic mass is 16.3. The van der Waals surface area contributed by atoms with E-state index in [4.69, 9.17) is 0 Å². The second kappa shape index (κ2) is 6.30. The average Bonchev–Trinajstić information content (AvgIpc) is 2.96. The summed E-state index contributed by atoms with van der Waals surface area (Å²) >= 11 is 0. The predicted octanol–water partition coefficient (Wildman–Crippen LogP) is 5.05. The van der Waals surface area contributed by atoms with Crippen molar-refractivity contribution in [3.05, 3.63) is 83.4 Å². The summed E-state index contributed by atoms with van der Waals surface area (Å²) in [5, 5.41) is 9.45. The second-order valence-electron chi connectivity index (χ2n) is 6.54. The summed E-state index contributed by atoms with van der Waals surface area (Å²) in [5.74, 6) is 0.292. The van der Waals surface area contributed by atoms with Crippen LogP contribution in [0.25, 0.3) is 22.3 Å². The van der Waals surface area contributed by atoms with Crippen molar-refractivity contribution in [3.63, 3.8) is 0 Å². The first-order chi connectivity index (χ1) is 12.2. The summed E-state index contributed by atoms with van der Waals surface area (Å²) in [7, 11) is 0. The van der Waals surface area contributed by atoms with Crippen LogP contribution >= 0.6 is 0 Å². The molecule has 1 aliphatic rings. The standard InChI is InChI=1S/C23H20O2/c1-2-15(14-24)16-7-9-17(10-8-16)18-11-12-20-19-5-3-4-6-21(19)23(25)22(20)13-18/h3-13,15,24H,2,14H2,1H3. The number of fused-ring (bicyclic) bond motifs is 3. The highest BCUT2D eigenvalue weighted by molar-refractivity contribution is 6.22. The summed E-state index contributed by atoms with van der Waals surface area (Å²) in [6.07, 6.45) is 0.918. The Balaban J connectivity index is 1.71.